The van der Waals surface area contributed by atoms with Crippen LogP contribution in [0.25, 0.3) is 0 Å². The highest BCUT2D eigenvalue weighted by Crippen LogP contribution is 2.22. The molecule has 2 aliphatic rings. The summed E-state index contributed by atoms with van der Waals surface area (Å²) in [4.78, 5) is 39.3. The van der Waals surface area contributed by atoms with Gasteiger partial charge in [-0.25, -0.2) is 0 Å². The predicted molar refractivity (Wildman–Crippen MR) is 113 cm³/mol. The second-order valence-electron chi connectivity index (χ2n) is 7.96. The van der Waals surface area contributed by atoms with Crippen molar-refractivity contribution in [2.24, 2.45) is 5.92 Å². The van der Waals surface area contributed by atoms with Crippen molar-refractivity contribution in [1.82, 2.24) is 15.5 Å². The van der Waals surface area contributed by atoms with Crippen LogP contribution in [0.5, 0.6) is 0 Å². The van der Waals surface area contributed by atoms with Gasteiger partial charge in [-0.3, -0.25) is 14.4 Å². The molecular formula is C22H30ClN3O3. The Morgan fingerprint density at radius 2 is 1.66 bits per heavy atom. The first-order chi connectivity index (χ1) is 14.1. The zero-order chi connectivity index (χ0) is 20.6. The van der Waals surface area contributed by atoms with Crippen LogP contribution >= 0.6 is 11.6 Å². The van der Waals surface area contributed by atoms with E-state index in [1.165, 1.54) is 0 Å². The van der Waals surface area contributed by atoms with Crippen molar-refractivity contribution in [2.45, 2.75) is 57.0 Å². The van der Waals surface area contributed by atoms with Crippen molar-refractivity contribution >= 4 is 29.3 Å². The number of hydrogen-bond donors (Lipinski definition) is 2. The Labute approximate surface area is 177 Å². The zero-order valence-corrected chi connectivity index (χ0v) is 17.5. The van der Waals surface area contributed by atoms with E-state index >= 15 is 0 Å². The number of halogens is 1. The molecule has 29 heavy (non-hydrogen) atoms. The van der Waals surface area contributed by atoms with E-state index in [2.05, 4.69) is 10.6 Å². The van der Waals surface area contributed by atoms with Crippen LogP contribution in [0.2, 0.25) is 0 Å². The first-order valence-corrected chi connectivity index (χ1v) is 11.1. The van der Waals surface area contributed by atoms with Crippen LogP contribution in [0, 0.1) is 5.92 Å². The third-order valence-corrected chi connectivity index (χ3v) is 6.09. The van der Waals surface area contributed by atoms with Gasteiger partial charge in [-0.05, 0) is 37.8 Å². The highest BCUT2D eigenvalue weighted by atomic mass is 35.5. The van der Waals surface area contributed by atoms with Gasteiger partial charge in [-0.2, -0.15) is 0 Å². The Balaban J connectivity index is 1.57. The molecule has 7 heteroatoms. The molecule has 3 atom stereocenters. The molecule has 0 aromatic heterocycles. The van der Waals surface area contributed by atoms with Crippen LogP contribution in [0.15, 0.2) is 30.3 Å². The number of nitrogens with zero attached hydrogens (tertiary/aromatic N) is 1. The summed E-state index contributed by atoms with van der Waals surface area (Å²) in [6, 6.07) is 9.01. The number of piperidine rings is 1. The van der Waals surface area contributed by atoms with Crippen LogP contribution in [0.3, 0.4) is 0 Å². The number of alkyl halides is 1. The van der Waals surface area contributed by atoms with Gasteiger partial charge in [0.2, 0.25) is 11.8 Å². The molecule has 1 heterocycles. The van der Waals surface area contributed by atoms with E-state index in [9.17, 15) is 14.4 Å². The minimum atomic E-state index is -0.199. The van der Waals surface area contributed by atoms with Crippen LogP contribution < -0.4 is 10.6 Å². The van der Waals surface area contributed by atoms with Crippen molar-refractivity contribution in [2.75, 3.05) is 19.0 Å². The molecule has 1 aliphatic carbocycles. The fraction of sp³-hybridized carbons (Fsp3) is 0.591. The van der Waals surface area contributed by atoms with Gasteiger partial charge < -0.3 is 15.5 Å². The van der Waals surface area contributed by atoms with Crippen molar-refractivity contribution in [3.63, 3.8) is 0 Å². The minimum absolute atomic E-state index is 0.0146. The maximum atomic E-state index is 12.9. The van der Waals surface area contributed by atoms with Crippen molar-refractivity contribution < 1.29 is 14.4 Å². The lowest BCUT2D eigenvalue weighted by Crippen LogP contribution is -2.55. The summed E-state index contributed by atoms with van der Waals surface area (Å²) in [5.41, 5.74) is 0.629. The Hall–Kier alpha value is -2.08. The molecule has 1 aromatic rings. The van der Waals surface area contributed by atoms with E-state index in [1.54, 1.807) is 17.0 Å². The van der Waals surface area contributed by atoms with E-state index in [0.717, 1.165) is 38.5 Å². The molecule has 3 rings (SSSR count). The molecule has 3 amide bonds. The van der Waals surface area contributed by atoms with Crippen LogP contribution in [-0.4, -0.2) is 53.7 Å². The van der Waals surface area contributed by atoms with Gasteiger partial charge in [0.05, 0.1) is 5.92 Å². The highest BCUT2D eigenvalue weighted by molar-refractivity contribution is 6.18. The van der Waals surface area contributed by atoms with Crippen molar-refractivity contribution in [1.29, 1.82) is 0 Å². The molecule has 1 saturated carbocycles. The SMILES string of the molecule is O=C(N[C@@H]1CCCC[C@H]1NC(=O)[C@H]1CCCN(C(=O)CCCl)C1)c1ccccc1. The maximum Gasteiger partial charge on any atom is 0.251 e. The molecule has 0 radical (unpaired) electrons. The summed E-state index contributed by atoms with van der Waals surface area (Å²) in [5, 5.41) is 6.27. The minimum Gasteiger partial charge on any atom is -0.351 e. The summed E-state index contributed by atoms with van der Waals surface area (Å²) in [7, 11) is 0. The highest BCUT2D eigenvalue weighted by Gasteiger charge is 2.33. The van der Waals surface area contributed by atoms with Crippen LogP contribution in [0.1, 0.15) is 55.3 Å². The summed E-state index contributed by atoms with van der Waals surface area (Å²) in [5.74, 6) is 0.00180. The number of benzene rings is 1. The quantitative estimate of drug-likeness (QED) is 0.696. The first-order valence-electron chi connectivity index (χ1n) is 10.6. The largest absolute Gasteiger partial charge is 0.351 e. The lowest BCUT2D eigenvalue weighted by atomic mass is 9.88. The predicted octanol–water partition coefficient (Wildman–Crippen LogP) is 2.71. The second kappa shape index (κ2) is 10.6. The standard InChI is InChI=1S/C22H30ClN3O3/c23-13-12-20(27)26-14-6-9-17(15-26)22(29)25-19-11-5-4-10-18(19)24-21(28)16-7-2-1-3-8-16/h1-3,7-8,17-19H,4-6,9-15H2,(H,24,28)(H,25,29)/t17-,18+,19+/m0/s1. The fourth-order valence-corrected chi connectivity index (χ4v) is 4.44. The Bertz CT molecular complexity index is 713. The summed E-state index contributed by atoms with van der Waals surface area (Å²) >= 11 is 5.68. The number of carbonyl (C=O) groups is 3. The third kappa shape index (κ3) is 5.95. The average Bonchev–Trinajstić information content (AvgIpc) is 2.76. The number of carbonyl (C=O) groups excluding carboxylic acids is 3. The first kappa shape index (κ1) is 21.6. The molecule has 6 nitrogen and oxygen atoms in total. The summed E-state index contributed by atoms with van der Waals surface area (Å²) < 4.78 is 0. The van der Waals surface area contributed by atoms with Crippen molar-refractivity contribution in [3.05, 3.63) is 35.9 Å². The van der Waals surface area contributed by atoms with Gasteiger partial charge in [0.25, 0.3) is 5.91 Å². The average molecular weight is 420 g/mol. The Morgan fingerprint density at radius 3 is 2.34 bits per heavy atom. The molecule has 0 unspecified atom stereocenters. The summed E-state index contributed by atoms with van der Waals surface area (Å²) in [6.07, 6.45) is 5.70. The van der Waals surface area contributed by atoms with Gasteiger partial charge in [0, 0.05) is 43.0 Å². The van der Waals surface area contributed by atoms with Crippen molar-refractivity contribution in [3.8, 4) is 0 Å². The summed E-state index contributed by atoms with van der Waals surface area (Å²) in [6.45, 7) is 1.15. The fourth-order valence-electron chi connectivity index (χ4n) is 4.27. The normalized spacial score (nSPS) is 24.6. The van der Waals surface area contributed by atoms with Gasteiger partial charge >= 0.3 is 0 Å². The molecule has 0 spiro atoms. The monoisotopic (exact) mass is 419 g/mol. The van der Waals surface area contributed by atoms with E-state index in [0.29, 0.717) is 31.0 Å². The molecule has 0 bridgehead atoms. The van der Waals surface area contributed by atoms with Gasteiger partial charge in [-0.1, -0.05) is 31.0 Å². The molecular weight excluding hydrogens is 390 g/mol. The number of likely N-dealkylation sites (tertiary alicyclic amines) is 1. The zero-order valence-electron chi connectivity index (χ0n) is 16.7. The third-order valence-electron chi connectivity index (χ3n) is 5.90. The van der Waals surface area contributed by atoms with E-state index in [-0.39, 0.29) is 35.7 Å². The smallest absolute Gasteiger partial charge is 0.251 e. The van der Waals surface area contributed by atoms with E-state index in [1.807, 2.05) is 18.2 Å². The molecule has 1 aromatic carbocycles. The number of hydrogen-bond acceptors (Lipinski definition) is 3. The van der Waals surface area contributed by atoms with Gasteiger partial charge in [0.1, 0.15) is 0 Å². The Kier molecular flexibility index (Phi) is 7.92. The number of rotatable bonds is 6. The van der Waals surface area contributed by atoms with Crippen LogP contribution in [0.4, 0.5) is 0 Å². The Morgan fingerprint density at radius 1 is 0.966 bits per heavy atom. The topological polar surface area (TPSA) is 78.5 Å². The van der Waals surface area contributed by atoms with Gasteiger partial charge in [0.15, 0.2) is 0 Å². The van der Waals surface area contributed by atoms with E-state index < -0.39 is 0 Å². The lowest BCUT2D eigenvalue weighted by Gasteiger charge is -2.36. The van der Waals surface area contributed by atoms with Gasteiger partial charge in [-0.15, -0.1) is 11.6 Å². The second-order valence-corrected chi connectivity index (χ2v) is 8.34. The van der Waals surface area contributed by atoms with E-state index in [4.69, 9.17) is 11.6 Å². The molecule has 1 aliphatic heterocycles. The molecule has 1 saturated heterocycles. The molecule has 2 N–H and O–H groups in total. The molecule has 2 fully saturated rings. The number of amides is 3. The van der Waals surface area contributed by atoms with Crippen LogP contribution in [-0.2, 0) is 9.59 Å². The number of nitrogens with one attached hydrogen (secondary N) is 2. The molecule has 158 valence electrons. The maximum absolute atomic E-state index is 12.9. The lowest BCUT2D eigenvalue weighted by molar-refractivity contribution is -0.135.